The minimum absolute atomic E-state index is 0.0642. The van der Waals surface area contributed by atoms with Crippen LogP contribution in [0.15, 0.2) is 65.6 Å². The quantitative estimate of drug-likeness (QED) is 0.548. The number of aromatic nitrogens is 4. The number of rotatable bonds is 4. The molecule has 2 aromatic heterocycles. The van der Waals surface area contributed by atoms with Gasteiger partial charge in [-0.15, -0.1) is 0 Å². The van der Waals surface area contributed by atoms with E-state index in [1.807, 2.05) is 29.2 Å². The van der Waals surface area contributed by atoms with Crippen LogP contribution in [0.1, 0.15) is 17.4 Å². The zero-order valence-corrected chi connectivity index (χ0v) is 15.0. The van der Waals surface area contributed by atoms with Crippen molar-refractivity contribution >= 4 is 16.7 Å². The molecule has 28 heavy (non-hydrogen) atoms. The third-order valence-corrected chi connectivity index (χ3v) is 5.04. The Hall–Kier alpha value is -3.61. The van der Waals surface area contributed by atoms with Crippen molar-refractivity contribution in [3.8, 4) is 11.5 Å². The standard InChI is InChI=1S/C21H17N5O2/c27-19(10-15-6-3-5-14-4-1-2-7-17(14)15)26-12-16(13-26)21-24-20(25-28-21)18-11-22-8-9-23-18/h1-9,11,16H,10,12-13H2. The zero-order chi connectivity index (χ0) is 18.9. The summed E-state index contributed by atoms with van der Waals surface area (Å²) in [5.41, 5.74) is 1.62. The first-order valence-electron chi connectivity index (χ1n) is 9.12. The molecule has 138 valence electrons. The second-order valence-corrected chi connectivity index (χ2v) is 6.86. The van der Waals surface area contributed by atoms with E-state index in [1.54, 1.807) is 18.6 Å². The fraction of sp³-hybridized carbons (Fsp3) is 0.190. The number of amides is 1. The molecule has 1 amide bonds. The first kappa shape index (κ1) is 16.6. The van der Waals surface area contributed by atoms with E-state index in [4.69, 9.17) is 4.52 Å². The second kappa shape index (κ2) is 6.84. The van der Waals surface area contributed by atoms with Crippen molar-refractivity contribution in [3.05, 3.63) is 72.5 Å². The highest BCUT2D eigenvalue weighted by atomic mass is 16.5. The number of benzene rings is 2. The Labute approximate surface area is 161 Å². The van der Waals surface area contributed by atoms with Gasteiger partial charge in [-0.3, -0.25) is 9.78 Å². The van der Waals surface area contributed by atoms with Crippen molar-refractivity contribution in [2.75, 3.05) is 13.1 Å². The summed E-state index contributed by atoms with van der Waals surface area (Å²) >= 11 is 0. The summed E-state index contributed by atoms with van der Waals surface area (Å²) in [5.74, 6) is 1.13. The summed E-state index contributed by atoms with van der Waals surface area (Å²) in [5, 5.41) is 6.24. The van der Waals surface area contributed by atoms with Crippen LogP contribution in [0.5, 0.6) is 0 Å². The van der Waals surface area contributed by atoms with Crippen LogP contribution < -0.4 is 0 Å². The van der Waals surface area contributed by atoms with E-state index in [0.717, 1.165) is 16.3 Å². The molecule has 0 spiro atoms. The molecule has 7 heteroatoms. The number of fused-ring (bicyclic) bond motifs is 1. The van der Waals surface area contributed by atoms with Gasteiger partial charge in [-0.2, -0.15) is 4.98 Å². The van der Waals surface area contributed by atoms with E-state index in [-0.39, 0.29) is 11.8 Å². The van der Waals surface area contributed by atoms with E-state index < -0.39 is 0 Å². The molecule has 0 N–H and O–H groups in total. The van der Waals surface area contributed by atoms with Crippen LogP contribution in [-0.2, 0) is 11.2 Å². The average molecular weight is 371 g/mol. The number of carbonyl (C=O) groups excluding carboxylic acids is 1. The van der Waals surface area contributed by atoms with Crippen LogP contribution in [0.4, 0.5) is 0 Å². The molecule has 5 rings (SSSR count). The topological polar surface area (TPSA) is 85.0 Å². The van der Waals surface area contributed by atoms with E-state index in [0.29, 0.717) is 36.9 Å². The van der Waals surface area contributed by atoms with Gasteiger partial charge in [0.15, 0.2) is 0 Å². The monoisotopic (exact) mass is 371 g/mol. The van der Waals surface area contributed by atoms with Gasteiger partial charge in [0, 0.05) is 25.5 Å². The molecule has 1 saturated heterocycles. The molecule has 0 saturated carbocycles. The highest BCUT2D eigenvalue weighted by Gasteiger charge is 2.35. The minimum atomic E-state index is 0.0642. The van der Waals surface area contributed by atoms with E-state index in [1.165, 1.54) is 0 Å². The van der Waals surface area contributed by atoms with Crippen molar-refractivity contribution < 1.29 is 9.32 Å². The lowest BCUT2D eigenvalue weighted by molar-refractivity contribution is -0.135. The molecule has 0 bridgehead atoms. The Bertz CT molecular complexity index is 1130. The molecule has 0 radical (unpaired) electrons. The highest BCUT2D eigenvalue weighted by Crippen LogP contribution is 2.28. The number of hydrogen-bond donors (Lipinski definition) is 0. The molecular formula is C21H17N5O2. The predicted molar refractivity (Wildman–Crippen MR) is 102 cm³/mol. The molecule has 1 fully saturated rings. The van der Waals surface area contributed by atoms with Gasteiger partial charge in [-0.1, -0.05) is 47.6 Å². The smallest absolute Gasteiger partial charge is 0.233 e. The molecule has 4 aromatic rings. The Morgan fingerprint density at radius 3 is 2.82 bits per heavy atom. The van der Waals surface area contributed by atoms with E-state index >= 15 is 0 Å². The number of likely N-dealkylation sites (tertiary alicyclic amines) is 1. The molecule has 2 aromatic carbocycles. The summed E-state index contributed by atoms with van der Waals surface area (Å²) in [6, 6.07) is 14.2. The van der Waals surface area contributed by atoms with Gasteiger partial charge in [0.1, 0.15) is 5.69 Å². The molecule has 0 aliphatic carbocycles. The maximum atomic E-state index is 12.7. The molecule has 0 atom stereocenters. The number of hydrogen-bond acceptors (Lipinski definition) is 6. The molecule has 0 unspecified atom stereocenters. The normalized spacial score (nSPS) is 14.2. The van der Waals surface area contributed by atoms with Crippen molar-refractivity contribution in [1.29, 1.82) is 0 Å². The lowest BCUT2D eigenvalue weighted by atomic mass is 9.97. The minimum Gasteiger partial charge on any atom is -0.341 e. The third-order valence-electron chi connectivity index (χ3n) is 5.04. The van der Waals surface area contributed by atoms with E-state index in [2.05, 4.69) is 38.3 Å². The van der Waals surface area contributed by atoms with Gasteiger partial charge in [0.25, 0.3) is 0 Å². The van der Waals surface area contributed by atoms with Crippen LogP contribution in [0, 0.1) is 0 Å². The largest absolute Gasteiger partial charge is 0.341 e. The van der Waals surface area contributed by atoms with Crippen LogP contribution >= 0.6 is 0 Å². The maximum absolute atomic E-state index is 12.7. The Kier molecular flexibility index (Phi) is 4.05. The molecule has 3 heterocycles. The summed E-state index contributed by atoms with van der Waals surface area (Å²) in [7, 11) is 0. The van der Waals surface area contributed by atoms with Crippen LogP contribution in [0.2, 0.25) is 0 Å². The molecule has 1 aliphatic rings. The lowest BCUT2D eigenvalue weighted by Crippen LogP contribution is -2.49. The summed E-state index contributed by atoms with van der Waals surface area (Å²) < 4.78 is 5.36. The van der Waals surface area contributed by atoms with Crippen LogP contribution in [0.25, 0.3) is 22.3 Å². The summed E-state index contributed by atoms with van der Waals surface area (Å²) in [6.07, 6.45) is 5.16. The fourth-order valence-corrected chi connectivity index (χ4v) is 3.48. The third kappa shape index (κ3) is 3.00. The maximum Gasteiger partial charge on any atom is 0.233 e. The molecule has 7 nitrogen and oxygen atoms in total. The second-order valence-electron chi connectivity index (χ2n) is 6.86. The number of nitrogens with zero attached hydrogens (tertiary/aromatic N) is 5. The van der Waals surface area contributed by atoms with E-state index in [9.17, 15) is 4.79 Å². The SMILES string of the molecule is O=C(Cc1cccc2ccccc12)N1CC(c2nc(-c3cnccn3)no2)C1. The Morgan fingerprint density at radius 2 is 1.96 bits per heavy atom. The van der Waals surface area contributed by atoms with Gasteiger partial charge < -0.3 is 9.42 Å². The van der Waals surface area contributed by atoms with Crippen molar-refractivity contribution in [2.45, 2.75) is 12.3 Å². The first-order valence-corrected chi connectivity index (χ1v) is 9.12. The van der Waals surface area contributed by atoms with Crippen LogP contribution in [0.3, 0.4) is 0 Å². The van der Waals surface area contributed by atoms with Crippen molar-refractivity contribution in [1.82, 2.24) is 25.0 Å². The first-order chi connectivity index (χ1) is 13.8. The van der Waals surface area contributed by atoms with Gasteiger partial charge in [0.2, 0.25) is 17.6 Å². The Morgan fingerprint density at radius 1 is 1.11 bits per heavy atom. The summed E-state index contributed by atoms with van der Waals surface area (Å²) in [4.78, 5) is 27.1. The molecular weight excluding hydrogens is 354 g/mol. The van der Waals surface area contributed by atoms with Crippen LogP contribution in [-0.4, -0.2) is 44.0 Å². The van der Waals surface area contributed by atoms with Gasteiger partial charge in [-0.05, 0) is 16.3 Å². The van der Waals surface area contributed by atoms with Crippen molar-refractivity contribution in [2.24, 2.45) is 0 Å². The van der Waals surface area contributed by atoms with Gasteiger partial charge in [0.05, 0.1) is 18.5 Å². The highest BCUT2D eigenvalue weighted by molar-refractivity contribution is 5.90. The van der Waals surface area contributed by atoms with Gasteiger partial charge >= 0.3 is 0 Å². The van der Waals surface area contributed by atoms with Gasteiger partial charge in [-0.25, -0.2) is 4.98 Å². The number of carbonyl (C=O) groups is 1. The molecule has 1 aliphatic heterocycles. The summed E-state index contributed by atoms with van der Waals surface area (Å²) in [6.45, 7) is 1.18. The Balaban J connectivity index is 1.24. The predicted octanol–water partition coefficient (Wildman–Crippen LogP) is 2.85. The van der Waals surface area contributed by atoms with Crippen molar-refractivity contribution in [3.63, 3.8) is 0 Å². The zero-order valence-electron chi connectivity index (χ0n) is 15.0. The fourth-order valence-electron chi connectivity index (χ4n) is 3.48. The average Bonchev–Trinajstić information content (AvgIpc) is 3.17. The lowest BCUT2D eigenvalue weighted by Gasteiger charge is -2.37.